The van der Waals surface area contributed by atoms with Crippen molar-refractivity contribution in [2.75, 3.05) is 25.1 Å². The summed E-state index contributed by atoms with van der Waals surface area (Å²) in [7, 11) is 2.08. The molecule has 2 aromatic heterocycles. The van der Waals surface area contributed by atoms with Crippen molar-refractivity contribution in [2.24, 2.45) is 0 Å². The molecule has 6 nitrogen and oxygen atoms in total. The summed E-state index contributed by atoms with van der Waals surface area (Å²) in [4.78, 5) is 19.5. The summed E-state index contributed by atoms with van der Waals surface area (Å²) in [6.07, 6.45) is 1.01. The summed E-state index contributed by atoms with van der Waals surface area (Å²) in [6.45, 7) is 3.08. The lowest BCUT2D eigenvalue weighted by molar-refractivity contribution is -0.142. The fourth-order valence-electron chi connectivity index (χ4n) is 3.29. The maximum absolute atomic E-state index is 12.0. The van der Waals surface area contributed by atoms with Gasteiger partial charge in [0, 0.05) is 24.8 Å². The molecule has 0 bridgehead atoms. The van der Waals surface area contributed by atoms with Gasteiger partial charge in [0.1, 0.15) is 0 Å². The summed E-state index contributed by atoms with van der Waals surface area (Å²) in [5, 5.41) is 9.87. The van der Waals surface area contributed by atoms with Crippen LogP contribution in [0, 0.1) is 0 Å². The first kappa shape index (κ1) is 17.6. The molecule has 3 heterocycles. The number of fused-ring (bicyclic) bond motifs is 1. The number of ether oxygens (including phenoxy) is 1. The van der Waals surface area contributed by atoms with Crippen LogP contribution in [0.5, 0.6) is 5.06 Å². The van der Waals surface area contributed by atoms with Gasteiger partial charge in [-0.3, -0.25) is 4.79 Å². The number of aromatic nitrogens is 1. The van der Waals surface area contributed by atoms with Crippen LogP contribution in [0.2, 0.25) is 0 Å². The highest BCUT2D eigenvalue weighted by molar-refractivity contribution is 7.17. The lowest BCUT2D eigenvalue weighted by atomic mass is 10.1. The van der Waals surface area contributed by atoms with Gasteiger partial charge in [0.2, 0.25) is 5.89 Å². The minimum absolute atomic E-state index is 0.0268. The fourth-order valence-corrected chi connectivity index (χ4v) is 4.04. The molecule has 0 unspecified atom stereocenters. The Balaban J connectivity index is 1.73. The Morgan fingerprint density at radius 1 is 1.37 bits per heavy atom. The summed E-state index contributed by atoms with van der Waals surface area (Å²) in [5.74, 6) is 0.616. The Kier molecular flexibility index (Phi) is 4.61. The average Bonchev–Trinajstić information content (AvgIpc) is 3.34. The van der Waals surface area contributed by atoms with E-state index in [1.807, 2.05) is 6.07 Å². The summed E-state index contributed by atoms with van der Waals surface area (Å²) in [5.41, 5.74) is 3.88. The van der Waals surface area contributed by atoms with Crippen molar-refractivity contribution in [2.45, 2.75) is 19.8 Å². The summed E-state index contributed by atoms with van der Waals surface area (Å²) in [6, 6.07) is 9.51. The molecule has 1 aromatic carbocycles. The van der Waals surface area contributed by atoms with Crippen molar-refractivity contribution in [1.29, 1.82) is 0 Å². The normalized spacial score (nSPS) is 13.0. The van der Waals surface area contributed by atoms with Crippen LogP contribution in [0.25, 0.3) is 22.1 Å². The molecule has 1 aliphatic rings. The Labute approximate surface area is 161 Å². The molecule has 0 atom stereocenters. The number of aromatic hydroxyl groups is 1. The minimum atomic E-state index is -0.352. The number of anilines is 1. The highest BCUT2D eigenvalue weighted by Crippen LogP contribution is 2.38. The van der Waals surface area contributed by atoms with Crippen LogP contribution in [0.4, 0.5) is 5.69 Å². The molecule has 7 heteroatoms. The minimum Gasteiger partial charge on any atom is -0.499 e. The van der Waals surface area contributed by atoms with E-state index in [4.69, 9.17) is 9.15 Å². The topological polar surface area (TPSA) is 75.8 Å². The van der Waals surface area contributed by atoms with E-state index in [9.17, 15) is 9.90 Å². The number of rotatable bonds is 5. The molecule has 1 aliphatic heterocycles. The molecule has 4 rings (SSSR count). The van der Waals surface area contributed by atoms with Gasteiger partial charge < -0.3 is 19.2 Å². The van der Waals surface area contributed by atoms with E-state index in [2.05, 4.69) is 29.1 Å². The SMILES string of the molecule is CCOC(=O)Cc1nc(-c2ccc3c(c2)CCN3C)oc1-c1ccc(O)s1. The van der Waals surface area contributed by atoms with Gasteiger partial charge in [0.15, 0.2) is 10.8 Å². The molecule has 3 aromatic rings. The number of carbonyl (C=O) groups excluding carboxylic acids is 1. The Morgan fingerprint density at radius 3 is 2.96 bits per heavy atom. The van der Waals surface area contributed by atoms with E-state index in [0.717, 1.165) is 23.4 Å². The second-order valence-corrected chi connectivity index (χ2v) is 7.49. The van der Waals surface area contributed by atoms with E-state index in [1.54, 1.807) is 19.1 Å². The van der Waals surface area contributed by atoms with Crippen LogP contribution in [0.3, 0.4) is 0 Å². The summed E-state index contributed by atoms with van der Waals surface area (Å²) < 4.78 is 11.1. The van der Waals surface area contributed by atoms with Crippen LogP contribution in [0.1, 0.15) is 18.2 Å². The van der Waals surface area contributed by atoms with Crippen molar-refractivity contribution < 1.29 is 19.1 Å². The van der Waals surface area contributed by atoms with E-state index in [0.29, 0.717) is 24.0 Å². The fraction of sp³-hybridized carbons (Fsp3) is 0.300. The third-order valence-corrected chi connectivity index (χ3v) is 5.47. The molecule has 0 spiro atoms. The molecule has 1 N–H and O–H groups in total. The number of nitrogens with zero attached hydrogens (tertiary/aromatic N) is 2. The first-order valence-electron chi connectivity index (χ1n) is 8.84. The number of hydrogen-bond acceptors (Lipinski definition) is 7. The van der Waals surface area contributed by atoms with E-state index in [-0.39, 0.29) is 17.5 Å². The standard InChI is InChI=1S/C20H20N2O4S/c1-3-25-17(23)11-14-19(16-6-7-18(24)27-16)26-20(21-14)13-4-5-15-12(10-13)8-9-22(15)2/h4-7,10,24H,3,8-9,11H2,1-2H3. The zero-order chi connectivity index (χ0) is 19.0. The van der Waals surface area contributed by atoms with Crippen molar-refractivity contribution in [3.05, 3.63) is 41.6 Å². The van der Waals surface area contributed by atoms with Gasteiger partial charge in [-0.05, 0) is 49.2 Å². The molecule has 0 saturated heterocycles. The molecule has 0 amide bonds. The van der Waals surface area contributed by atoms with Crippen LogP contribution in [-0.2, 0) is 22.4 Å². The maximum Gasteiger partial charge on any atom is 0.312 e. The van der Waals surface area contributed by atoms with Crippen LogP contribution in [0.15, 0.2) is 34.7 Å². The third-order valence-electron chi connectivity index (χ3n) is 4.58. The second-order valence-electron chi connectivity index (χ2n) is 6.43. The second kappa shape index (κ2) is 7.08. The highest BCUT2D eigenvalue weighted by Gasteiger charge is 2.22. The average molecular weight is 384 g/mol. The quantitative estimate of drug-likeness (QED) is 0.673. The van der Waals surface area contributed by atoms with Crippen LogP contribution < -0.4 is 4.90 Å². The number of benzene rings is 1. The predicted molar refractivity (Wildman–Crippen MR) is 104 cm³/mol. The lowest BCUT2D eigenvalue weighted by Gasteiger charge is -2.11. The zero-order valence-electron chi connectivity index (χ0n) is 15.2. The Hall–Kier alpha value is -2.80. The van der Waals surface area contributed by atoms with Crippen molar-refractivity contribution >= 4 is 23.0 Å². The number of carbonyl (C=O) groups is 1. The van der Waals surface area contributed by atoms with Gasteiger partial charge >= 0.3 is 5.97 Å². The van der Waals surface area contributed by atoms with Gasteiger partial charge in [-0.15, -0.1) is 0 Å². The number of esters is 1. The monoisotopic (exact) mass is 384 g/mol. The van der Waals surface area contributed by atoms with Gasteiger partial charge in [-0.2, -0.15) is 0 Å². The van der Waals surface area contributed by atoms with E-state index in [1.165, 1.54) is 22.6 Å². The third kappa shape index (κ3) is 3.42. The Morgan fingerprint density at radius 2 is 2.22 bits per heavy atom. The Bertz CT molecular complexity index is 992. The zero-order valence-corrected chi connectivity index (χ0v) is 16.0. The first-order valence-corrected chi connectivity index (χ1v) is 9.65. The molecule has 140 valence electrons. The number of thiophene rings is 1. The van der Waals surface area contributed by atoms with Crippen LogP contribution in [-0.4, -0.2) is 36.3 Å². The van der Waals surface area contributed by atoms with E-state index < -0.39 is 0 Å². The molecule has 0 radical (unpaired) electrons. The lowest BCUT2D eigenvalue weighted by Crippen LogP contribution is -2.12. The first-order chi connectivity index (χ1) is 13.0. The van der Waals surface area contributed by atoms with Gasteiger partial charge in [-0.1, -0.05) is 11.3 Å². The number of likely N-dealkylation sites (N-methyl/N-ethyl adjacent to an activating group) is 1. The number of hydrogen-bond donors (Lipinski definition) is 1. The predicted octanol–water partition coefficient (Wildman–Crippen LogP) is 3.87. The summed E-state index contributed by atoms with van der Waals surface area (Å²) >= 11 is 1.19. The molecule has 0 fully saturated rings. The van der Waals surface area contributed by atoms with Gasteiger partial charge in [0.25, 0.3) is 0 Å². The maximum atomic E-state index is 12.0. The molecular formula is C20H20N2O4S. The van der Waals surface area contributed by atoms with Crippen molar-refractivity contribution in [3.63, 3.8) is 0 Å². The molecule has 0 aliphatic carbocycles. The smallest absolute Gasteiger partial charge is 0.312 e. The van der Waals surface area contributed by atoms with Crippen LogP contribution >= 0.6 is 11.3 Å². The largest absolute Gasteiger partial charge is 0.499 e. The number of oxazole rings is 1. The molecule has 0 saturated carbocycles. The van der Waals surface area contributed by atoms with E-state index >= 15 is 0 Å². The highest BCUT2D eigenvalue weighted by atomic mass is 32.1. The molecule has 27 heavy (non-hydrogen) atoms. The van der Waals surface area contributed by atoms with Gasteiger partial charge in [0.05, 0.1) is 23.6 Å². The van der Waals surface area contributed by atoms with Gasteiger partial charge in [-0.25, -0.2) is 4.98 Å². The van der Waals surface area contributed by atoms with Crippen molar-refractivity contribution in [1.82, 2.24) is 4.98 Å². The van der Waals surface area contributed by atoms with Crippen molar-refractivity contribution in [3.8, 4) is 27.2 Å². The molecular weight excluding hydrogens is 364 g/mol.